The summed E-state index contributed by atoms with van der Waals surface area (Å²) in [5, 5.41) is 12.6. The topological polar surface area (TPSA) is 49.3 Å². The van der Waals surface area contributed by atoms with Gasteiger partial charge < -0.3 is 10.4 Å². The predicted octanol–water partition coefficient (Wildman–Crippen LogP) is 3.12. The molecule has 0 bridgehead atoms. The number of aliphatic hydroxyl groups is 1. The number of carbonyl (C=O) groups is 1. The van der Waals surface area contributed by atoms with Crippen LogP contribution in [-0.4, -0.2) is 23.2 Å². The molecule has 3 rings (SSSR count). The average molecular weight is 337 g/mol. The van der Waals surface area contributed by atoms with Crippen LogP contribution in [0.5, 0.6) is 0 Å². The van der Waals surface area contributed by atoms with Crippen molar-refractivity contribution in [2.75, 3.05) is 6.54 Å². The van der Waals surface area contributed by atoms with Crippen molar-refractivity contribution >= 4 is 5.91 Å². The first-order valence-electron chi connectivity index (χ1n) is 8.30. The summed E-state index contributed by atoms with van der Waals surface area (Å²) in [6, 6.07) is 13.3. The Kier molecular flexibility index (Phi) is 4.87. The van der Waals surface area contributed by atoms with E-state index in [2.05, 4.69) is 17.2 Å². The molecule has 4 heteroatoms. The molecule has 0 radical (unpaired) electrons. The van der Waals surface area contributed by atoms with Gasteiger partial charge in [-0.25, -0.2) is 4.39 Å². The second kappa shape index (κ2) is 7.08. The Balaban J connectivity index is 1.57. The van der Waals surface area contributed by atoms with E-state index in [-0.39, 0.29) is 11.7 Å². The lowest BCUT2D eigenvalue weighted by Gasteiger charge is -2.40. The van der Waals surface area contributed by atoms with Gasteiger partial charge in [0.15, 0.2) is 0 Å². The maximum absolute atomic E-state index is 13.5. The smallest absolute Gasteiger partial charge is 0.251 e. The van der Waals surface area contributed by atoms with Crippen LogP contribution < -0.4 is 5.32 Å². The Hall–Kier alpha value is -2.64. The van der Waals surface area contributed by atoms with Crippen LogP contribution in [0.25, 0.3) is 0 Å². The molecule has 2 N–H and O–H groups in total. The molecule has 1 aliphatic carbocycles. The molecule has 0 unspecified atom stereocenters. The highest BCUT2D eigenvalue weighted by molar-refractivity contribution is 5.94. The van der Waals surface area contributed by atoms with Gasteiger partial charge in [-0.05, 0) is 62.1 Å². The Morgan fingerprint density at radius 2 is 1.88 bits per heavy atom. The summed E-state index contributed by atoms with van der Waals surface area (Å²) in [5.74, 6) is 5.54. The first-order valence-corrected chi connectivity index (χ1v) is 8.30. The third kappa shape index (κ3) is 4.46. The minimum absolute atomic E-state index is 0.139. The van der Waals surface area contributed by atoms with Crippen LogP contribution in [0.1, 0.15) is 41.3 Å². The average Bonchev–Trinajstić information content (AvgIpc) is 2.57. The molecular weight excluding hydrogens is 317 g/mol. The quantitative estimate of drug-likeness (QED) is 0.846. The molecule has 0 aromatic heterocycles. The first-order chi connectivity index (χ1) is 11.9. The molecule has 3 nitrogen and oxygen atoms in total. The van der Waals surface area contributed by atoms with Crippen LogP contribution in [0.4, 0.5) is 4.39 Å². The van der Waals surface area contributed by atoms with Gasteiger partial charge in [-0.1, -0.05) is 24.0 Å². The van der Waals surface area contributed by atoms with Crippen molar-refractivity contribution in [1.82, 2.24) is 5.32 Å². The van der Waals surface area contributed by atoms with E-state index in [9.17, 15) is 14.3 Å². The van der Waals surface area contributed by atoms with Gasteiger partial charge in [-0.2, -0.15) is 0 Å². The van der Waals surface area contributed by atoms with Gasteiger partial charge in [0, 0.05) is 17.7 Å². The van der Waals surface area contributed by atoms with Crippen molar-refractivity contribution < 1.29 is 14.3 Å². The van der Waals surface area contributed by atoms with Gasteiger partial charge in [0.2, 0.25) is 0 Å². The number of carbonyl (C=O) groups excluding carboxylic acids is 1. The van der Waals surface area contributed by atoms with Crippen LogP contribution in [-0.2, 0) is 0 Å². The largest absolute Gasteiger partial charge is 0.390 e. The fraction of sp³-hybridized carbons (Fsp3) is 0.286. The molecule has 128 valence electrons. The third-order valence-electron chi connectivity index (χ3n) is 4.37. The monoisotopic (exact) mass is 337 g/mol. The Labute approximate surface area is 146 Å². The summed E-state index contributed by atoms with van der Waals surface area (Å²) in [6.45, 7) is 2.39. The van der Waals surface area contributed by atoms with E-state index in [1.54, 1.807) is 42.5 Å². The van der Waals surface area contributed by atoms with Crippen LogP contribution in [0.2, 0.25) is 0 Å². The SMILES string of the molecule is CC1(O)CC(CNC(=O)c2ccc(C#Cc3ccccc3F)cc2)C1. The number of amides is 1. The van der Waals surface area contributed by atoms with Gasteiger partial charge in [-0.3, -0.25) is 4.79 Å². The standard InChI is InChI=1S/C21H20FNO2/c1-21(25)12-16(13-21)14-23-20(24)18-10-7-15(8-11-18)6-9-17-4-2-3-5-19(17)22/h2-5,7-8,10-11,16,25H,12-14H2,1H3,(H,23,24). The van der Waals surface area contributed by atoms with E-state index in [0.717, 1.165) is 18.4 Å². The molecule has 1 amide bonds. The summed E-state index contributed by atoms with van der Waals surface area (Å²) in [5.41, 5.74) is 1.05. The van der Waals surface area contributed by atoms with Crippen LogP contribution in [0, 0.1) is 23.6 Å². The van der Waals surface area contributed by atoms with Gasteiger partial charge in [0.25, 0.3) is 5.91 Å². The van der Waals surface area contributed by atoms with Crippen LogP contribution in [0.3, 0.4) is 0 Å². The Morgan fingerprint density at radius 1 is 1.20 bits per heavy atom. The van der Waals surface area contributed by atoms with Crippen molar-refractivity contribution in [1.29, 1.82) is 0 Å². The molecule has 1 saturated carbocycles. The Bertz CT molecular complexity index is 823. The van der Waals surface area contributed by atoms with Crippen molar-refractivity contribution in [3.05, 3.63) is 71.0 Å². The predicted molar refractivity (Wildman–Crippen MR) is 94.5 cm³/mol. The zero-order valence-electron chi connectivity index (χ0n) is 14.1. The molecule has 0 heterocycles. The summed E-state index contributed by atoms with van der Waals surface area (Å²) in [4.78, 5) is 12.1. The molecule has 0 saturated heterocycles. The molecule has 1 fully saturated rings. The molecule has 2 aromatic rings. The number of nitrogens with one attached hydrogen (secondary N) is 1. The van der Waals surface area contributed by atoms with Gasteiger partial charge >= 0.3 is 0 Å². The zero-order valence-corrected chi connectivity index (χ0v) is 14.1. The first kappa shape index (κ1) is 17.2. The van der Waals surface area contributed by atoms with Gasteiger partial charge in [0.1, 0.15) is 5.82 Å². The van der Waals surface area contributed by atoms with E-state index >= 15 is 0 Å². The van der Waals surface area contributed by atoms with E-state index in [1.807, 2.05) is 6.92 Å². The summed E-state index contributed by atoms with van der Waals surface area (Å²) in [7, 11) is 0. The fourth-order valence-electron chi connectivity index (χ4n) is 3.07. The normalized spacial score (nSPS) is 21.6. The highest BCUT2D eigenvalue weighted by atomic mass is 19.1. The fourth-order valence-corrected chi connectivity index (χ4v) is 3.07. The van der Waals surface area contributed by atoms with Gasteiger partial charge in [-0.15, -0.1) is 0 Å². The number of benzene rings is 2. The van der Waals surface area contributed by atoms with E-state index in [4.69, 9.17) is 0 Å². The van der Waals surface area contributed by atoms with Crippen molar-refractivity contribution in [2.24, 2.45) is 5.92 Å². The van der Waals surface area contributed by atoms with E-state index < -0.39 is 5.60 Å². The molecule has 0 spiro atoms. The van der Waals surface area contributed by atoms with Crippen LogP contribution >= 0.6 is 0 Å². The maximum atomic E-state index is 13.5. The molecule has 0 atom stereocenters. The minimum Gasteiger partial charge on any atom is -0.390 e. The summed E-state index contributed by atoms with van der Waals surface area (Å²) in [6.07, 6.45) is 1.44. The highest BCUT2D eigenvalue weighted by Gasteiger charge is 2.38. The molecule has 25 heavy (non-hydrogen) atoms. The highest BCUT2D eigenvalue weighted by Crippen LogP contribution is 2.36. The van der Waals surface area contributed by atoms with Crippen LogP contribution in [0.15, 0.2) is 48.5 Å². The third-order valence-corrected chi connectivity index (χ3v) is 4.37. The molecular formula is C21H20FNO2. The number of halogens is 1. The second-order valence-electron chi connectivity index (χ2n) is 6.79. The van der Waals surface area contributed by atoms with Gasteiger partial charge in [0.05, 0.1) is 11.2 Å². The number of rotatable bonds is 3. The Morgan fingerprint density at radius 3 is 2.52 bits per heavy atom. The van der Waals surface area contributed by atoms with Crippen molar-refractivity contribution in [2.45, 2.75) is 25.4 Å². The van der Waals surface area contributed by atoms with Crippen molar-refractivity contribution in [3.63, 3.8) is 0 Å². The second-order valence-corrected chi connectivity index (χ2v) is 6.79. The lowest BCUT2D eigenvalue weighted by molar-refractivity contribution is -0.0555. The number of hydrogen-bond acceptors (Lipinski definition) is 2. The van der Waals surface area contributed by atoms with E-state index in [0.29, 0.717) is 23.6 Å². The maximum Gasteiger partial charge on any atom is 0.251 e. The van der Waals surface area contributed by atoms with E-state index in [1.165, 1.54) is 6.07 Å². The van der Waals surface area contributed by atoms with Crippen molar-refractivity contribution in [3.8, 4) is 11.8 Å². The summed E-state index contributed by atoms with van der Waals surface area (Å²) >= 11 is 0. The molecule has 2 aromatic carbocycles. The number of hydrogen-bond donors (Lipinski definition) is 2. The molecule has 0 aliphatic heterocycles. The molecule has 1 aliphatic rings. The lowest BCUT2D eigenvalue weighted by Crippen LogP contribution is -2.45. The zero-order chi connectivity index (χ0) is 17.9. The minimum atomic E-state index is -0.575. The lowest BCUT2D eigenvalue weighted by atomic mass is 9.72. The summed E-state index contributed by atoms with van der Waals surface area (Å²) < 4.78 is 13.5.